The highest BCUT2D eigenvalue weighted by atomic mass is 35.5. The van der Waals surface area contributed by atoms with E-state index in [2.05, 4.69) is 16.3 Å². The molecule has 0 aliphatic carbocycles. The van der Waals surface area contributed by atoms with E-state index in [1.165, 1.54) is 0 Å². The molecule has 1 fully saturated rings. The Labute approximate surface area is 164 Å². The zero-order valence-electron chi connectivity index (χ0n) is 15.0. The van der Waals surface area contributed by atoms with Gasteiger partial charge in [-0.05, 0) is 62.7 Å². The molecule has 3 rings (SSSR count). The second-order valence-corrected chi connectivity index (χ2v) is 8.18. The van der Waals surface area contributed by atoms with Crippen molar-refractivity contribution in [2.75, 3.05) is 25.4 Å². The number of benzene rings is 1. The summed E-state index contributed by atoms with van der Waals surface area (Å²) in [6.07, 6.45) is 3.12. The van der Waals surface area contributed by atoms with Crippen LogP contribution < -0.4 is 5.32 Å². The fourth-order valence-electron chi connectivity index (χ4n) is 3.15. The molecule has 26 heavy (non-hydrogen) atoms. The first-order valence-electron chi connectivity index (χ1n) is 9.09. The van der Waals surface area contributed by atoms with Crippen molar-refractivity contribution < 1.29 is 9.21 Å². The van der Waals surface area contributed by atoms with Gasteiger partial charge in [-0.1, -0.05) is 23.7 Å². The Kier molecular flexibility index (Phi) is 7.06. The van der Waals surface area contributed by atoms with E-state index in [9.17, 15) is 4.79 Å². The number of amides is 1. The maximum absolute atomic E-state index is 12.1. The molecule has 6 heteroatoms. The van der Waals surface area contributed by atoms with Gasteiger partial charge in [0.2, 0.25) is 0 Å². The lowest BCUT2D eigenvalue weighted by Crippen LogP contribution is -2.44. The van der Waals surface area contributed by atoms with Crippen molar-refractivity contribution in [2.45, 2.75) is 37.1 Å². The molecule has 0 radical (unpaired) electrons. The Bertz CT molecular complexity index is 726. The number of furan rings is 1. The summed E-state index contributed by atoms with van der Waals surface area (Å²) in [5.74, 6) is 2.13. The second kappa shape index (κ2) is 9.49. The molecule has 0 atom stereocenters. The lowest BCUT2D eigenvalue weighted by Gasteiger charge is -2.32. The first-order valence-corrected chi connectivity index (χ1v) is 10.4. The molecule has 0 spiro atoms. The van der Waals surface area contributed by atoms with E-state index in [1.54, 1.807) is 6.07 Å². The Morgan fingerprint density at radius 2 is 2.04 bits per heavy atom. The zero-order valence-corrected chi connectivity index (χ0v) is 16.6. The predicted octanol–water partition coefficient (Wildman–Crippen LogP) is 4.62. The third-order valence-corrected chi connectivity index (χ3v) is 6.20. The maximum atomic E-state index is 12.1. The predicted molar refractivity (Wildman–Crippen MR) is 107 cm³/mol. The van der Waals surface area contributed by atoms with E-state index in [-0.39, 0.29) is 11.9 Å². The Balaban J connectivity index is 1.32. The highest BCUT2D eigenvalue weighted by Crippen LogP contribution is 2.27. The Morgan fingerprint density at radius 1 is 1.27 bits per heavy atom. The number of thioether (sulfide) groups is 1. The van der Waals surface area contributed by atoms with Gasteiger partial charge in [-0.25, -0.2) is 0 Å². The van der Waals surface area contributed by atoms with Gasteiger partial charge in [-0.2, -0.15) is 0 Å². The summed E-state index contributed by atoms with van der Waals surface area (Å²) in [7, 11) is 0. The number of carbonyl (C=O) groups excluding carboxylic acids is 1. The molecule has 1 aliphatic rings. The molecule has 0 saturated carbocycles. The topological polar surface area (TPSA) is 45.5 Å². The van der Waals surface area contributed by atoms with E-state index in [4.69, 9.17) is 16.0 Å². The quantitative estimate of drug-likeness (QED) is 0.551. The highest BCUT2D eigenvalue weighted by Gasteiger charge is 2.21. The summed E-state index contributed by atoms with van der Waals surface area (Å²) in [5.41, 5.74) is 0. The number of piperidine rings is 1. The van der Waals surface area contributed by atoms with Gasteiger partial charge in [-0.3, -0.25) is 4.79 Å². The standard InChI is InChI=1S/C20H25ClN2O2S/c1-15-7-8-18(25-15)20(24)22-16-9-12-23(13-10-16)11-4-14-26-19-6-3-2-5-17(19)21/h2-3,5-8,16H,4,9-14H2,1H3,(H,22,24). The van der Waals surface area contributed by atoms with Crippen molar-refractivity contribution >= 4 is 29.3 Å². The van der Waals surface area contributed by atoms with Crippen LogP contribution in [0.1, 0.15) is 35.6 Å². The van der Waals surface area contributed by atoms with Crippen molar-refractivity contribution in [3.8, 4) is 0 Å². The summed E-state index contributed by atoms with van der Waals surface area (Å²) in [5, 5.41) is 3.92. The van der Waals surface area contributed by atoms with Gasteiger partial charge in [0.05, 0.1) is 5.02 Å². The van der Waals surface area contributed by atoms with Crippen molar-refractivity contribution in [1.82, 2.24) is 10.2 Å². The molecule has 1 aromatic carbocycles. The average Bonchev–Trinajstić information content (AvgIpc) is 3.08. The average molecular weight is 393 g/mol. The number of nitrogens with zero attached hydrogens (tertiary/aromatic N) is 1. The van der Waals surface area contributed by atoms with Gasteiger partial charge in [-0.15, -0.1) is 11.8 Å². The third kappa shape index (κ3) is 5.53. The molecule has 1 saturated heterocycles. The third-order valence-electron chi connectivity index (χ3n) is 4.60. The molecular formula is C20H25ClN2O2S. The normalized spacial score (nSPS) is 15.9. The lowest BCUT2D eigenvalue weighted by atomic mass is 10.0. The molecule has 0 bridgehead atoms. The summed E-state index contributed by atoms with van der Waals surface area (Å²) < 4.78 is 5.38. The number of likely N-dealkylation sites (tertiary alicyclic amines) is 1. The van der Waals surface area contributed by atoms with Crippen molar-refractivity contribution in [2.24, 2.45) is 0 Å². The first-order chi connectivity index (χ1) is 12.6. The van der Waals surface area contributed by atoms with E-state index in [0.29, 0.717) is 5.76 Å². The summed E-state index contributed by atoms with van der Waals surface area (Å²) in [6.45, 7) is 4.99. The number of nitrogens with one attached hydrogen (secondary N) is 1. The molecule has 1 amide bonds. The van der Waals surface area contributed by atoms with Crippen LogP contribution in [-0.2, 0) is 0 Å². The fourth-order valence-corrected chi connectivity index (χ4v) is 4.32. The monoisotopic (exact) mass is 392 g/mol. The van der Waals surface area contributed by atoms with E-state index in [0.717, 1.165) is 60.3 Å². The SMILES string of the molecule is Cc1ccc(C(=O)NC2CCN(CCCSc3ccccc3Cl)CC2)o1. The Morgan fingerprint density at radius 3 is 2.73 bits per heavy atom. The minimum absolute atomic E-state index is 0.104. The molecule has 4 nitrogen and oxygen atoms in total. The van der Waals surface area contributed by atoms with Crippen LogP contribution in [0.4, 0.5) is 0 Å². The van der Waals surface area contributed by atoms with Gasteiger partial charge in [0.1, 0.15) is 5.76 Å². The van der Waals surface area contributed by atoms with E-state index >= 15 is 0 Å². The largest absolute Gasteiger partial charge is 0.456 e. The van der Waals surface area contributed by atoms with Crippen LogP contribution in [0.5, 0.6) is 0 Å². The molecular weight excluding hydrogens is 368 g/mol. The molecule has 2 heterocycles. The van der Waals surface area contributed by atoms with Crippen molar-refractivity contribution in [1.29, 1.82) is 0 Å². The summed E-state index contributed by atoms with van der Waals surface area (Å²) >= 11 is 8.00. The van der Waals surface area contributed by atoms with Crippen LogP contribution in [0.3, 0.4) is 0 Å². The molecule has 0 unspecified atom stereocenters. The number of rotatable bonds is 7. The van der Waals surface area contributed by atoms with Crippen molar-refractivity contribution in [3.05, 3.63) is 52.9 Å². The molecule has 2 aromatic rings. The smallest absolute Gasteiger partial charge is 0.287 e. The molecule has 140 valence electrons. The Hall–Kier alpha value is -1.43. The van der Waals surface area contributed by atoms with Gasteiger partial charge in [0.15, 0.2) is 5.76 Å². The zero-order chi connectivity index (χ0) is 18.4. The van der Waals surface area contributed by atoms with Crippen LogP contribution in [0.15, 0.2) is 45.7 Å². The van der Waals surface area contributed by atoms with E-state index < -0.39 is 0 Å². The van der Waals surface area contributed by atoms with Gasteiger partial charge < -0.3 is 14.6 Å². The lowest BCUT2D eigenvalue weighted by molar-refractivity contribution is 0.0882. The van der Waals surface area contributed by atoms with Gasteiger partial charge in [0.25, 0.3) is 5.91 Å². The minimum Gasteiger partial charge on any atom is -0.456 e. The second-order valence-electron chi connectivity index (χ2n) is 6.63. The highest BCUT2D eigenvalue weighted by molar-refractivity contribution is 7.99. The maximum Gasteiger partial charge on any atom is 0.287 e. The number of hydrogen-bond donors (Lipinski definition) is 1. The molecule has 1 aromatic heterocycles. The van der Waals surface area contributed by atoms with Crippen molar-refractivity contribution in [3.63, 3.8) is 0 Å². The first kappa shape index (κ1) is 19.3. The minimum atomic E-state index is -0.104. The number of halogens is 1. The fraction of sp³-hybridized carbons (Fsp3) is 0.450. The number of aryl methyl sites for hydroxylation is 1. The van der Waals surface area contributed by atoms with Crippen LogP contribution in [0, 0.1) is 6.92 Å². The van der Waals surface area contributed by atoms with Gasteiger partial charge in [0, 0.05) is 24.0 Å². The van der Waals surface area contributed by atoms with Crippen LogP contribution >= 0.6 is 23.4 Å². The summed E-state index contributed by atoms with van der Waals surface area (Å²) in [4.78, 5) is 15.8. The number of carbonyl (C=O) groups is 1. The van der Waals surface area contributed by atoms with E-state index in [1.807, 2.05) is 43.0 Å². The van der Waals surface area contributed by atoms with Crippen LogP contribution in [-0.4, -0.2) is 42.2 Å². The van der Waals surface area contributed by atoms with Crippen LogP contribution in [0.2, 0.25) is 5.02 Å². The molecule has 1 aliphatic heterocycles. The number of hydrogen-bond acceptors (Lipinski definition) is 4. The van der Waals surface area contributed by atoms with Gasteiger partial charge >= 0.3 is 0 Å². The summed E-state index contributed by atoms with van der Waals surface area (Å²) in [6, 6.07) is 11.8. The van der Waals surface area contributed by atoms with Crippen LogP contribution in [0.25, 0.3) is 0 Å². The molecule has 1 N–H and O–H groups in total.